The quantitative estimate of drug-likeness (QED) is 0.366. The average molecular weight is 463 g/mol. The second-order valence-electron chi connectivity index (χ2n) is 6.93. The van der Waals surface area contributed by atoms with Gasteiger partial charge in [0.2, 0.25) is 0 Å². The molecule has 0 unspecified atom stereocenters. The molecule has 0 spiro atoms. The van der Waals surface area contributed by atoms with Crippen molar-refractivity contribution in [2.24, 2.45) is 0 Å². The van der Waals surface area contributed by atoms with E-state index < -0.39 is 24.7 Å². The van der Waals surface area contributed by atoms with E-state index in [9.17, 15) is 22.8 Å². The molecule has 0 aliphatic carbocycles. The lowest BCUT2D eigenvalue weighted by atomic mass is 10.0. The largest absolute Gasteiger partial charge is 0.573 e. The zero-order valence-electron chi connectivity index (χ0n) is 17.7. The van der Waals surface area contributed by atoms with Crippen molar-refractivity contribution in [2.75, 3.05) is 13.7 Å². The van der Waals surface area contributed by atoms with Gasteiger partial charge < -0.3 is 23.9 Å². The topological polar surface area (TPSA) is 87.0 Å². The van der Waals surface area contributed by atoms with Crippen molar-refractivity contribution < 1.29 is 42.1 Å². The van der Waals surface area contributed by atoms with Crippen LogP contribution in [0.5, 0.6) is 11.5 Å². The van der Waals surface area contributed by atoms with E-state index in [1.165, 1.54) is 31.6 Å². The van der Waals surface area contributed by atoms with E-state index in [1.54, 1.807) is 35.8 Å². The molecule has 3 aromatic rings. The molecule has 10 heteroatoms. The number of carbonyl (C=O) groups excluding carboxylic acids is 1. The van der Waals surface area contributed by atoms with Gasteiger partial charge in [-0.05, 0) is 49.4 Å². The summed E-state index contributed by atoms with van der Waals surface area (Å²) in [5.74, 6) is -1.31. The van der Waals surface area contributed by atoms with Crippen LogP contribution in [0.4, 0.5) is 13.2 Å². The van der Waals surface area contributed by atoms with Crippen molar-refractivity contribution in [3.05, 3.63) is 71.6 Å². The van der Waals surface area contributed by atoms with Gasteiger partial charge in [0.05, 0.1) is 24.5 Å². The Balaban J connectivity index is 2.05. The van der Waals surface area contributed by atoms with Crippen LogP contribution >= 0.6 is 0 Å². The first-order chi connectivity index (χ1) is 15.6. The molecule has 7 nitrogen and oxygen atoms in total. The number of hydrogen-bond donors (Lipinski definition) is 1. The third-order valence-corrected chi connectivity index (χ3v) is 4.80. The van der Waals surface area contributed by atoms with E-state index in [0.717, 1.165) is 6.07 Å². The van der Waals surface area contributed by atoms with Gasteiger partial charge in [0.1, 0.15) is 11.5 Å². The lowest BCUT2D eigenvalue weighted by molar-refractivity contribution is -0.274. The van der Waals surface area contributed by atoms with Gasteiger partial charge in [-0.25, -0.2) is 4.79 Å². The highest BCUT2D eigenvalue weighted by Gasteiger charge is 2.31. The van der Waals surface area contributed by atoms with Gasteiger partial charge in [-0.15, -0.1) is 13.2 Å². The highest BCUT2D eigenvalue weighted by Crippen LogP contribution is 2.33. The summed E-state index contributed by atoms with van der Waals surface area (Å²) in [5, 5.41) is 9.08. The summed E-state index contributed by atoms with van der Waals surface area (Å²) in [5.41, 5.74) is 1.56. The second-order valence-corrected chi connectivity index (χ2v) is 6.93. The number of halogens is 3. The van der Waals surface area contributed by atoms with E-state index in [4.69, 9.17) is 14.6 Å². The van der Waals surface area contributed by atoms with Crippen LogP contribution in [0, 0.1) is 6.92 Å². The average Bonchev–Trinajstić information content (AvgIpc) is 3.02. The summed E-state index contributed by atoms with van der Waals surface area (Å²) in [6.45, 7) is 1.26. The highest BCUT2D eigenvalue weighted by atomic mass is 19.4. The number of ketones is 1. The zero-order valence-corrected chi connectivity index (χ0v) is 17.7. The number of benzene rings is 2. The monoisotopic (exact) mass is 463 g/mol. The minimum absolute atomic E-state index is 0.118. The van der Waals surface area contributed by atoms with Gasteiger partial charge in [0.25, 0.3) is 0 Å². The molecule has 0 bridgehead atoms. The van der Waals surface area contributed by atoms with Crippen molar-refractivity contribution in [3.63, 3.8) is 0 Å². The van der Waals surface area contributed by atoms with Crippen LogP contribution in [0.25, 0.3) is 10.9 Å². The molecule has 174 valence electrons. The number of carboxylic acids is 1. The van der Waals surface area contributed by atoms with Crippen LogP contribution in [0.15, 0.2) is 54.8 Å². The summed E-state index contributed by atoms with van der Waals surface area (Å²) < 4.78 is 53.8. The summed E-state index contributed by atoms with van der Waals surface area (Å²) in [4.78, 5) is 23.8. The Kier molecular flexibility index (Phi) is 6.95. The molecule has 0 amide bonds. The van der Waals surface area contributed by atoms with Crippen molar-refractivity contribution in [2.45, 2.75) is 19.8 Å². The number of carboxylic acid groups (broad SMARTS) is 1. The van der Waals surface area contributed by atoms with E-state index in [0.29, 0.717) is 33.5 Å². The second kappa shape index (κ2) is 9.68. The third kappa shape index (κ3) is 5.65. The molecule has 3 rings (SSSR count). The Morgan fingerprint density at radius 2 is 1.76 bits per heavy atom. The molecule has 0 atom stereocenters. The summed E-state index contributed by atoms with van der Waals surface area (Å²) in [6.07, 6.45) is -2.19. The first kappa shape index (κ1) is 23.7. The van der Waals surface area contributed by atoms with E-state index in [-0.39, 0.29) is 12.3 Å². The fraction of sp³-hybridized carbons (Fsp3) is 0.217. The van der Waals surface area contributed by atoms with Gasteiger partial charge in [0.15, 0.2) is 12.4 Å². The number of allylic oxidation sites excluding steroid dienone is 1. The predicted molar refractivity (Wildman–Crippen MR) is 113 cm³/mol. The Bertz CT molecular complexity index is 1200. The lowest BCUT2D eigenvalue weighted by Gasteiger charge is -2.10. The summed E-state index contributed by atoms with van der Waals surface area (Å²) in [7, 11) is 1.50. The highest BCUT2D eigenvalue weighted by molar-refractivity contribution is 6.17. The minimum atomic E-state index is -4.87. The number of fused-ring (bicyclic) bond motifs is 1. The third-order valence-electron chi connectivity index (χ3n) is 4.80. The van der Waals surface area contributed by atoms with E-state index in [1.807, 2.05) is 0 Å². The maximum absolute atomic E-state index is 13.3. The smallest absolute Gasteiger partial charge is 0.497 e. The number of aliphatic carboxylic acids is 1. The van der Waals surface area contributed by atoms with Gasteiger partial charge >= 0.3 is 12.3 Å². The van der Waals surface area contributed by atoms with Crippen LogP contribution in [0.2, 0.25) is 0 Å². The number of methoxy groups -OCH3 is 1. The number of nitrogens with zero attached hydrogens (tertiary/aromatic N) is 1. The number of alkyl halides is 3. The van der Waals surface area contributed by atoms with Crippen LogP contribution in [-0.2, 0) is 16.1 Å². The van der Waals surface area contributed by atoms with E-state index in [2.05, 4.69) is 4.74 Å². The molecule has 0 saturated heterocycles. The molecule has 0 aliphatic heterocycles. The fourth-order valence-electron chi connectivity index (χ4n) is 3.40. The van der Waals surface area contributed by atoms with Crippen LogP contribution in [-0.4, -0.2) is 41.5 Å². The first-order valence-electron chi connectivity index (χ1n) is 9.66. The number of ether oxygens (including phenoxy) is 3. The van der Waals surface area contributed by atoms with Crippen LogP contribution < -0.4 is 9.47 Å². The van der Waals surface area contributed by atoms with Crippen molar-refractivity contribution in [1.82, 2.24) is 4.57 Å². The van der Waals surface area contributed by atoms with Crippen LogP contribution in [0.1, 0.15) is 21.6 Å². The number of carbonyl (C=O) groups is 2. The van der Waals surface area contributed by atoms with Gasteiger partial charge in [-0.2, -0.15) is 0 Å². The molecule has 2 aromatic carbocycles. The normalized spacial score (nSPS) is 11.7. The molecule has 0 fully saturated rings. The standard InChI is InChI=1S/C23H20F3NO6/c1-14-21(22(30)15-4-6-16(31-2)7-5-15)18-9-8-17(33-23(24,25)26)12-19(18)27(14)10-3-11-32-13-20(28)29/h3-9,11-12H,10,13H2,1-2H3,(H,28,29)/b11-3+. The van der Waals surface area contributed by atoms with Gasteiger partial charge in [0, 0.05) is 29.3 Å². The van der Waals surface area contributed by atoms with Gasteiger partial charge in [-0.1, -0.05) is 0 Å². The van der Waals surface area contributed by atoms with Crippen LogP contribution in [0.3, 0.4) is 0 Å². The molecule has 0 aliphatic rings. The molecule has 33 heavy (non-hydrogen) atoms. The maximum atomic E-state index is 13.3. The lowest BCUT2D eigenvalue weighted by Crippen LogP contribution is -2.17. The van der Waals surface area contributed by atoms with Gasteiger partial charge in [-0.3, -0.25) is 4.79 Å². The number of rotatable bonds is 9. The van der Waals surface area contributed by atoms with Crippen molar-refractivity contribution in [1.29, 1.82) is 0 Å². The Labute approximate surface area is 186 Å². The Morgan fingerprint density at radius 3 is 2.36 bits per heavy atom. The summed E-state index contributed by atoms with van der Waals surface area (Å²) >= 11 is 0. The molecular weight excluding hydrogens is 443 g/mol. The Morgan fingerprint density at radius 1 is 1.09 bits per heavy atom. The first-order valence-corrected chi connectivity index (χ1v) is 9.66. The molecule has 1 N–H and O–H groups in total. The summed E-state index contributed by atoms with van der Waals surface area (Å²) in [6, 6.07) is 10.2. The molecule has 1 aromatic heterocycles. The van der Waals surface area contributed by atoms with Crippen molar-refractivity contribution >= 4 is 22.7 Å². The predicted octanol–water partition coefficient (Wildman–Crippen LogP) is 4.70. The maximum Gasteiger partial charge on any atom is 0.573 e. The molecule has 0 saturated carbocycles. The molecule has 1 heterocycles. The molecule has 0 radical (unpaired) electrons. The SMILES string of the molecule is COc1ccc(C(=O)c2c(C)n(C/C=C/OCC(=O)O)c3cc(OC(F)(F)F)ccc23)cc1. The van der Waals surface area contributed by atoms with E-state index >= 15 is 0 Å². The van der Waals surface area contributed by atoms with Crippen molar-refractivity contribution in [3.8, 4) is 11.5 Å². The zero-order chi connectivity index (χ0) is 24.2. The fourth-order valence-corrected chi connectivity index (χ4v) is 3.40. The molecular formula is C23H20F3NO6. The minimum Gasteiger partial charge on any atom is -0.497 e. The number of aromatic nitrogens is 1. The number of hydrogen-bond acceptors (Lipinski definition) is 5. The Hall–Kier alpha value is -3.95.